The summed E-state index contributed by atoms with van der Waals surface area (Å²) in [5.74, 6) is 0.903. The predicted molar refractivity (Wildman–Crippen MR) is 85.8 cm³/mol. The lowest BCUT2D eigenvalue weighted by Gasteiger charge is -2.15. The lowest BCUT2D eigenvalue weighted by atomic mass is 10.0. The minimum absolute atomic E-state index is 0.358. The van der Waals surface area contributed by atoms with Crippen molar-refractivity contribution in [1.82, 2.24) is 0 Å². The van der Waals surface area contributed by atoms with Crippen molar-refractivity contribution in [1.29, 1.82) is 0 Å². The number of fused-ring (bicyclic) bond motifs is 1. The molecule has 1 heterocycles. The number of hydrogen-bond acceptors (Lipinski definition) is 2. The second-order valence-electron chi connectivity index (χ2n) is 5.31. The Kier molecular flexibility index (Phi) is 4.27. The smallest absolute Gasteiger partial charge is 0.119 e. The van der Waals surface area contributed by atoms with Crippen molar-refractivity contribution in [2.75, 3.05) is 13.7 Å². The second kappa shape index (κ2) is 6.15. The van der Waals surface area contributed by atoms with Crippen molar-refractivity contribution < 1.29 is 9.47 Å². The first-order valence-corrected chi connectivity index (χ1v) is 8.01. The van der Waals surface area contributed by atoms with E-state index in [2.05, 4.69) is 46.3 Å². The number of rotatable bonds is 4. The summed E-state index contributed by atoms with van der Waals surface area (Å²) >= 11 is 3.81. The highest BCUT2D eigenvalue weighted by Gasteiger charge is 2.20. The molecule has 0 N–H and O–H groups in total. The van der Waals surface area contributed by atoms with E-state index in [1.807, 2.05) is 6.07 Å². The summed E-state index contributed by atoms with van der Waals surface area (Å²) in [6.07, 6.45) is 3.84. The van der Waals surface area contributed by atoms with E-state index in [4.69, 9.17) is 9.47 Å². The first kappa shape index (κ1) is 13.9. The minimum Gasteiger partial charge on any atom is -0.497 e. The van der Waals surface area contributed by atoms with E-state index in [0.29, 0.717) is 10.9 Å². The quantitative estimate of drug-likeness (QED) is 0.744. The summed E-state index contributed by atoms with van der Waals surface area (Å²) in [5, 5.41) is 2.46. The molecule has 20 heavy (non-hydrogen) atoms. The summed E-state index contributed by atoms with van der Waals surface area (Å²) in [4.78, 5) is 0.358. The fraction of sp³-hybridized carbons (Fsp3) is 0.412. The maximum Gasteiger partial charge on any atom is 0.119 e. The molecule has 2 aromatic carbocycles. The van der Waals surface area contributed by atoms with Crippen molar-refractivity contribution in [3.05, 3.63) is 42.0 Å². The third-order valence-electron chi connectivity index (χ3n) is 3.93. The Morgan fingerprint density at radius 3 is 2.80 bits per heavy atom. The van der Waals surface area contributed by atoms with Crippen LogP contribution >= 0.6 is 15.9 Å². The normalized spacial score (nSPS) is 20.2. The highest BCUT2D eigenvalue weighted by Crippen LogP contribution is 2.33. The summed E-state index contributed by atoms with van der Waals surface area (Å²) < 4.78 is 11.0. The number of methoxy groups -OCH3 is 1. The van der Waals surface area contributed by atoms with Gasteiger partial charge >= 0.3 is 0 Å². The molecule has 1 fully saturated rings. The van der Waals surface area contributed by atoms with Gasteiger partial charge in [-0.15, -0.1) is 0 Å². The van der Waals surface area contributed by atoms with Gasteiger partial charge in [0.05, 0.1) is 13.2 Å². The summed E-state index contributed by atoms with van der Waals surface area (Å²) in [6, 6.07) is 12.8. The van der Waals surface area contributed by atoms with E-state index < -0.39 is 0 Å². The Hall–Kier alpha value is -1.06. The standard InChI is InChI=1S/C17H19BrO2/c1-19-15-7-6-12-9-14(5-4-13(12)10-15)17(18)11-16-3-2-8-20-16/h4-7,9-10,16-17H,2-3,8,11H2,1H3. The van der Waals surface area contributed by atoms with E-state index >= 15 is 0 Å². The number of alkyl halides is 1. The molecule has 1 aliphatic rings. The van der Waals surface area contributed by atoms with Gasteiger partial charge in [-0.05, 0) is 47.7 Å². The molecule has 1 saturated heterocycles. The van der Waals surface area contributed by atoms with Crippen LogP contribution in [-0.4, -0.2) is 19.8 Å². The monoisotopic (exact) mass is 334 g/mol. The fourth-order valence-corrected chi connectivity index (χ4v) is 3.46. The van der Waals surface area contributed by atoms with Crippen LogP contribution in [0.5, 0.6) is 5.75 Å². The Labute approximate surface area is 128 Å². The largest absolute Gasteiger partial charge is 0.497 e. The van der Waals surface area contributed by atoms with Crippen LogP contribution in [0.4, 0.5) is 0 Å². The first-order valence-electron chi connectivity index (χ1n) is 7.09. The molecule has 0 radical (unpaired) electrons. The molecule has 2 atom stereocenters. The lowest BCUT2D eigenvalue weighted by molar-refractivity contribution is 0.104. The number of hydrogen-bond donors (Lipinski definition) is 0. The van der Waals surface area contributed by atoms with E-state index in [9.17, 15) is 0 Å². The van der Waals surface area contributed by atoms with Crippen LogP contribution in [0, 0.1) is 0 Å². The molecule has 0 bridgehead atoms. The molecule has 2 unspecified atom stereocenters. The summed E-state index contributed by atoms with van der Waals surface area (Å²) in [7, 11) is 1.70. The van der Waals surface area contributed by atoms with Crippen molar-refractivity contribution in [3.63, 3.8) is 0 Å². The average Bonchev–Trinajstić information content (AvgIpc) is 2.99. The van der Waals surface area contributed by atoms with Gasteiger partial charge in [0, 0.05) is 11.4 Å². The van der Waals surface area contributed by atoms with Crippen LogP contribution in [0.25, 0.3) is 10.8 Å². The molecule has 0 spiro atoms. The molecular weight excluding hydrogens is 316 g/mol. The molecule has 2 nitrogen and oxygen atoms in total. The third-order valence-corrected chi connectivity index (χ3v) is 4.83. The molecular formula is C17H19BrO2. The van der Waals surface area contributed by atoms with Gasteiger partial charge < -0.3 is 9.47 Å². The van der Waals surface area contributed by atoms with E-state index in [1.54, 1.807) is 7.11 Å². The highest BCUT2D eigenvalue weighted by molar-refractivity contribution is 9.09. The molecule has 0 aliphatic carbocycles. The number of ether oxygens (including phenoxy) is 2. The van der Waals surface area contributed by atoms with Crippen LogP contribution in [-0.2, 0) is 4.74 Å². The Morgan fingerprint density at radius 2 is 2.05 bits per heavy atom. The van der Waals surface area contributed by atoms with Crippen LogP contribution in [0.3, 0.4) is 0 Å². The summed E-state index contributed by atoms with van der Waals surface area (Å²) in [5.41, 5.74) is 1.32. The van der Waals surface area contributed by atoms with Gasteiger partial charge in [0.25, 0.3) is 0 Å². The zero-order chi connectivity index (χ0) is 13.9. The molecule has 0 aromatic heterocycles. The van der Waals surface area contributed by atoms with Gasteiger partial charge in [-0.2, -0.15) is 0 Å². The van der Waals surface area contributed by atoms with Gasteiger partial charge in [-0.1, -0.05) is 40.2 Å². The molecule has 106 valence electrons. The van der Waals surface area contributed by atoms with Gasteiger partial charge in [-0.25, -0.2) is 0 Å². The summed E-state index contributed by atoms with van der Waals surface area (Å²) in [6.45, 7) is 0.919. The Bertz CT molecular complexity index is 591. The van der Waals surface area contributed by atoms with Crippen molar-refractivity contribution >= 4 is 26.7 Å². The van der Waals surface area contributed by atoms with E-state index in [0.717, 1.165) is 18.8 Å². The van der Waals surface area contributed by atoms with Crippen molar-refractivity contribution in [3.8, 4) is 5.75 Å². The highest BCUT2D eigenvalue weighted by atomic mass is 79.9. The molecule has 2 aromatic rings. The first-order chi connectivity index (χ1) is 9.76. The SMILES string of the molecule is COc1ccc2cc(C(Br)CC3CCCO3)ccc2c1. The fourth-order valence-electron chi connectivity index (χ4n) is 2.76. The molecule has 0 saturated carbocycles. The minimum atomic E-state index is 0.358. The second-order valence-corrected chi connectivity index (χ2v) is 6.42. The Morgan fingerprint density at radius 1 is 1.25 bits per heavy atom. The van der Waals surface area contributed by atoms with Gasteiger partial charge in [0.2, 0.25) is 0 Å². The van der Waals surface area contributed by atoms with E-state index in [-0.39, 0.29) is 0 Å². The van der Waals surface area contributed by atoms with Crippen molar-refractivity contribution in [2.45, 2.75) is 30.2 Å². The molecule has 0 amide bonds. The topological polar surface area (TPSA) is 18.5 Å². The van der Waals surface area contributed by atoms with Gasteiger partial charge in [0.15, 0.2) is 0 Å². The lowest BCUT2D eigenvalue weighted by Crippen LogP contribution is -2.07. The van der Waals surface area contributed by atoms with Crippen molar-refractivity contribution in [2.24, 2.45) is 0 Å². The van der Waals surface area contributed by atoms with Gasteiger partial charge in [0.1, 0.15) is 5.75 Å². The van der Waals surface area contributed by atoms with Crippen LogP contribution in [0.2, 0.25) is 0 Å². The predicted octanol–water partition coefficient (Wildman–Crippen LogP) is 4.85. The number of halogens is 1. The molecule has 3 rings (SSSR count). The Balaban J connectivity index is 1.80. The van der Waals surface area contributed by atoms with E-state index in [1.165, 1.54) is 29.2 Å². The zero-order valence-electron chi connectivity index (χ0n) is 11.6. The molecule has 3 heteroatoms. The number of benzene rings is 2. The van der Waals surface area contributed by atoms with Crippen LogP contribution in [0.1, 0.15) is 29.7 Å². The maximum atomic E-state index is 5.72. The van der Waals surface area contributed by atoms with Crippen LogP contribution in [0.15, 0.2) is 36.4 Å². The zero-order valence-corrected chi connectivity index (χ0v) is 13.2. The van der Waals surface area contributed by atoms with Gasteiger partial charge in [-0.3, -0.25) is 0 Å². The molecule has 1 aliphatic heterocycles. The average molecular weight is 335 g/mol. The maximum absolute atomic E-state index is 5.72. The van der Waals surface area contributed by atoms with Crippen LogP contribution < -0.4 is 4.74 Å². The third kappa shape index (κ3) is 2.99.